The van der Waals surface area contributed by atoms with Crippen LogP contribution in [0.1, 0.15) is 32.6 Å². The lowest BCUT2D eigenvalue weighted by atomic mass is 9.90. The Balaban J connectivity index is 2.49. The third-order valence-corrected chi connectivity index (χ3v) is 3.30. The van der Waals surface area contributed by atoms with E-state index in [1.807, 2.05) is 6.92 Å². The summed E-state index contributed by atoms with van der Waals surface area (Å²) in [4.78, 5) is 12.2. The molecule has 100 valence electrons. The van der Waals surface area contributed by atoms with Crippen molar-refractivity contribution in [2.75, 3.05) is 26.9 Å². The monoisotopic (exact) mass is 244 g/mol. The molecule has 0 aromatic carbocycles. The molecule has 1 heterocycles. The highest BCUT2D eigenvalue weighted by molar-refractivity contribution is 5.86. The number of piperidine rings is 1. The van der Waals surface area contributed by atoms with Gasteiger partial charge in [-0.25, -0.2) is 0 Å². The van der Waals surface area contributed by atoms with Crippen molar-refractivity contribution in [1.82, 2.24) is 10.6 Å². The molecule has 0 radical (unpaired) electrons. The second-order valence-corrected chi connectivity index (χ2v) is 4.85. The Morgan fingerprint density at radius 3 is 2.88 bits per heavy atom. The average molecular weight is 244 g/mol. The molecule has 0 bridgehead atoms. The molecule has 1 rings (SSSR count). The van der Waals surface area contributed by atoms with E-state index in [1.54, 1.807) is 7.11 Å². The van der Waals surface area contributed by atoms with E-state index < -0.39 is 5.54 Å². The fourth-order valence-electron chi connectivity index (χ4n) is 2.15. The standard InChI is InChI=1S/C12H24N2O3/c1-12(6-3-4-7-13-12)11(16)14-10(5-8-15)9-17-2/h10,13,15H,3-9H2,1-2H3,(H,14,16). The first-order valence-corrected chi connectivity index (χ1v) is 6.28. The highest BCUT2D eigenvalue weighted by atomic mass is 16.5. The highest BCUT2D eigenvalue weighted by Crippen LogP contribution is 2.19. The first-order chi connectivity index (χ1) is 8.12. The summed E-state index contributed by atoms with van der Waals surface area (Å²) >= 11 is 0. The molecule has 0 aromatic heterocycles. The molecule has 0 aromatic rings. The molecule has 2 unspecified atom stereocenters. The number of carbonyl (C=O) groups excluding carboxylic acids is 1. The number of hydrogen-bond donors (Lipinski definition) is 3. The van der Waals surface area contributed by atoms with Crippen LogP contribution in [0.3, 0.4) is 0 Å². The lowest BCUT2D eigenvalue weighted by molar-refractivity contribution is -0.129. The summed E-state index contributed by atoms with van der Waals surface area (Å²) in [5, 5.41) is 15.1. The molecule has 1 fully saturated rings. The summed E-state index contributed by atoms with van der Waals surface area (Å²) in [5.41, 5.74) is -0.473. The zero-order valence-electron chi connectivity index (χ0n) is 10.8. The smallest absolute Gasteiger partial charge is 0.240 e. The summed E-state index contributed by atoms with van der Waals surface area (Å²) < 4.78 is 5.03. The third kappa shape index (κ3) is 4.26. The van der Waals surface area contributed by atoms with E-state index in [4.69, 9.17) is 9.84 Å². The fraction of sp³-hybridized carbons (Fsp3) is 0.917. The maximum Gasteiger partial charge on any atom is 0.240 e. The zero-order valence-corrected chi connectivity index (χ0v) is 10.8. The molecule has 2 atom stereocenters. The van der Waals surface area contributed by atoms with Gasteiger partial charge in [-0.05, 0) is 39.2 Å². The lowest BCUT2D eigenvalue weighted by Gasteiger charge is -2.34. The van der Waals surface area contributed by atoms with E-state index in [0.717, 1.165) is 25.8 Å². The van der Waals surface area contributed by atoms with Gasteiger partial charge in [-0.15, -0.1) is 0 Å². The van der Waals surface area contributed by atoms with Crippen molar-refractivity contribution in [3.63, 3.8) is 0 Å². The van der Waals surface area contributed by atoms with Crippen LogP contribution in [0.15, 0.2) is 0 Å². The van der Waals surface area contributed by atoms with Crippen LogP contribution in [-0.2, 0) is 9.53 Å². The van der Waals surface area contributed by atoms with Gasteiger partial charge in [-0.3, -0.25) is 4.79 Å². The van der Waals surface area contributed by atoms with Crippen LogP contribution in [-0.4, -0.2) is 49.5 Å². The molecule has 1 saturated heterocycles. The quantitative estimate of drug-likeness (QED) is 0.616. The van der Waals surface area contributed by atoms with Crippen LogP contribution in [0.4, 0.5) is 0 Å². The molecule has 0 aliphatic carbocycles. The number of hydrogen-bond acceptors (Lipinski definition) is 4. The first kappa shape index (κ1) is 14.4. The lowest BCUT2D eigenvalue weighted by Crippen LogP contribution is -2.59. The summed E-state index contributed by atoms with van der Waals surface area (Å²) in [6, 6.07) is -0.113. The Morgan fingerprint density at radius 2 is 2.35 bits per heavy atom. The Kier molecular flexibility index (Phi) is 5.88. The number of nitrogens with one attached hydrogen (secondary N) is 2. The molecule has 5 heteroatoms. The van der Waals surface area contributed by atoms with Gasteiger partial charge in [0.1, 0.15) is 0 Å². The number of rotatable bonds is 6. The van der Waals surface area contributed by atoms with E-state index in [2.05, 4.69) is 10.6 Å². The van der Waals surface area contributed by atoms with Crippen molar-refractivity contribution >= 4 is 5.91 Å². The molecule has 1 aliphatic rings. The van der Waals surface area contributed by atoms with E-state index >= 15 is 0 Å². The van der Waals surface area contributed by atoms with Gasteiger partial charge in [-0.2, -0.15) is 0 Å². The Bertz CT molecular complexity index is 234. The van der Waals surface area contributed by atoms with Gasteiger partial charge >= 0.3 is 0 Å². The van der Waals surface area contributed by atoms with Gasteiger partial charge < -0.3 is 20.5 Å². The van der Waals surface area contributed by atoms with Gasteiger partial charge in [0, 0.05) is 13.7 Å². The van der Waals surface area contributed by atoms with Crippen LogP contribution in [0.2, 0.25) is 0 Å². The minimum Gasteiger partial charge on any atom is -0.396 e. The van der Waals surface area contributed by atoms with Gasteiger partial charge in [0.25, 0.3) is 0 Å². The van der Waals surface area contributed by atoms with E-state index in [9.17, 15) is 4.79 Å². The van der Waals surface area contributed by atoms with Crippen molar-refractivity contribution in [3.05, 3.63) is 0 Å². The molecule has 5 nitrogen and oxygen atoms in total. The number of aliphatic hydroxyl groups is 1. The van der Waals surface area contributed by atoms with Crippen LogP contribution in [0.25, 0.3) is 0 Å². The van der Waals surface area contributed by atoms with E-state index in [0.29, 0.717) is 13.0 Å². The number of aliphatic hydroxyl groups excluding tert-OH is 1. The summed E-state index contributed by atoms with van der Waals surface area (Å²) in [5.74, 6) is 0.00713. The largest absolute Gasteiger partial charge is 0.396 e. The normalized spacial score (nSPS) is 26.5. The minimum atomic E-state index is -0.473. The number of ether oxygens (including phenoxy) is 1. The number of carbonyl (C=O) groups is 1. The minimum absolute atomic E-state index is 0.00713. The molecule has 3 N–H and O–H groups in total. The van der Waals surface area contributed by atoms with E-state index in [1.165, 1.54) is 0 Å². The summed E-state index contributed by atoms with van der Waals surface area (Å²) in [6.07, 6.45) is 3.58. The molecule has 0 saturated carbocycles. The average Bonchev–Trinajstić information content (AvgIpc) is 2.30. The predicted molar refractivity (Wildman–Crippen MR) is 65.8 cm³/mol. The van der Waals surface area contributed by atoms with E-state index in [-0.39, 0.29) is 18.6 Å². The van der Waals surface area contributed by atoms with Crippen LogP contribution >= 0.6 is 0 Å². The van der Waals surface area contributed by atoms with Crippen LogP contribution in [0, 0.1) is 0 Å². The maximum absolute atomic E-state index is 12.2. The zero-order chi connectivity index (χ0) is 12.7. The number of methoxy groups -OCH3 is 1. The molecule has 17 heavy (non-hydrogen) atoms. The summed E-state index contributed by atoms with van der Waals surface area (Å²) in [7, 11) is 1.59. The first-order valence-electron chi connectivity index (χ1n) is 6.28. The second-order valence-electron chi connectivity index (χ2n) is 4.85. The SMILES string of the molecule is COCC(CCO)NC(=O)C1(C)CCCCN1. The molecule has 0 spiro atoms. The second kappa shape index (κ2) is 6.93. The summed E-state index contributed by atoms with van der Waals surface area (Å²) in [6.45, 7) is 3.31. The van der Waals surface area contributed by atoms with Gasteiger partial charge in [0.2, 0.25) is 5.91 Å². The van der Waals surface area contributed by atoms with Gasteiger partial charge in [-0.1, -0.05) is 0 Å². The molecular weight excluding hydrogens is 220 g/mol. The van der Waals surface area contributed by atoms with Gasteiger partial charge in [0.15, 0.2) is 0 Å². The highest BCUT2D eigenvalue weighted by Gasteiger charge is 2.35. The van der Waals surface area contributed by atoms with Crippen molar-refractivity contribution in [3.8, 4) is 0 Å². The van der Waals surface area contributed by atoms with Crippen molar-refractivity contribution in [2.45, 2.75) is 44.2 Å². The fourth-order valence-corrected chi connectivity index (χ4v) is 2.15. The van der Waals surface area contributed by atoms with Crippen LogP contribution in [0.5, 0.6) is 0 Å². The topological polar surface area (TPSA) is 70.6 Å². The Hall–Kier alpha value is -0.650. The van der Waals surface area contributed by atoms with Crippen molar-refractivity contribution < 1.29 is 14.6 Å². The number of amides is 1. The van der Waals surface area contributed by atoms with Crippen molar-refractivity contribution in [2.24, 2.45) is 0 Å². The third-order valence-electron chi connectivity index (χ3n) is 3.30. The Morgan fingerprint density at radius 1 is 1.59 bits per heavy atom. The predicted octanol–water partition coefficient (Wildman–Crippen LogP) is 0.0322. The Labute approximate surface area is 103 Å². The molecule has 1 amide bonds. The molecular formula is C12H24N2O3. The molecule has 1 aliphatic heterocycles. The van der Waals surface area contributed by atoms with Crippen LogP contribution < -0.4 is 10.6 Å². The maximum atomic E-state index is 12.2. The van der Waals surface area contributed by atoms with Crippen molar-refractivity contribution in [1.29, 1.82) is 0 Å². The van der Waals surface area contributed by atoms with Gasteiger partial charge in [0.05, 0.1) is 18.2 Å².